The van der Waals surface area contributed by atoms with Gasteiger partial charge in [0.05, 0.1) is 24.2 Å². The number of rotatable bonds is 3. The van der Waals surface area contributed by atoms with Crippen LogP contribution in [0.15, 0.2) is 42.2 Å². The lowest BCUT2D eigenvalue weighted by molar-refractivity contribution is -0.901. The van der Waals surface area contributed by atoms with E-state index in [-0.39, 0.29) is 11.5 Å². The van der Waals surface area contributed by atoms with E-state index in [9.17, 15) is 9.90 Å². The number of carbonyl (C=O) groups excluding carboxylic acids is 1. The summed E-state index contributed by atoms with van der Waals surface area (Å²) in [4.78, 5) is 14.2. The van der Waals surface area contributed by atoms with Gasteiger partial charge in [-0.15, -0.1) is 0 Å². The highest BCUT2D eigenvalue weighted by molar-refractivity contribution is 6.15. The number of hydrogen-bond acceptors (Lipinski definition) is 3. The molecule has 25 heavy (non-hydrogen) atoms. The van der Waals surface area contributed by atoms with Crippen molar-refractivity contribution in [2.45, 2.75) is 26.3 Å². The quantitative estimate of drug-likeness (QED) is 0.847. The average Bonchev–Trinajstić information content (AvgIpc) is 3.21. The number of benzene rings is 2. The van der Waals surface area contributed by atoms with Gasteiger partial charge < -0.3 is 14.7 Å². The zero-order valence-electron chi connectivity index (χ0n) is 14.3. The Hall–Kier alpha value is -2.59. The highest BCUT2D eigenvalue weighted by Crippen LogP contribution is 2.39. The fourth-order valence-electron chi connectivity index (χ4n) is 3.66. The number of phenols is 1. The summed E-state index contributed by atoms with van der Waals surface area (Å²) < 4.78 is 5.94. The molecule has 128 valence electrons. The first-order chi connectivity index (χ1) is 12.1. The van der Waals surface area contributed by atoms with E-state index in [0.717, 1.165) is 29.8 Å². The minimum atomic E-state index is -0.115. The summed E-state index contributed by atoms with van der Waals surface area (Å²) in [7, 11) is 0. The highest BCUT2D eigenvalue weighted by Gasteiger charge is 2.33. The zero-order chi connectivity index (χ0) is 17.4. The predicted octanol–water partition coefficient (Wildman–Crippen LogP) is 2.50. The van der Waals surface area contributed by atoms with E-state index in [1.165, 1.54) is 17.7 Å². The van der Waals surface area contributed by atoms with Gasteiger partial charge in [0.2, 0.25) is 5.78 Å². The van der Waals surface area contributed by atoms with Gasteiger partial charge in [-0.2, -0.15) is 0 Å². The third-order valence-electron chi connectivity index (χ3n) is 5.13. The largest absolute Gasteiger partial charge is 0.507 e. The van der Waals surface area contributed by atoms with Crippen LogP contribution in [0, 0.1) is 6.92 Å². The Kier molecular flexibility index (Phi) is 4.06. The van der Waals surface area contributed by atoms with Crippen molar-refractivity contribution >= 4 is 11.9 Å². The molecule has 0 aromatic heterocycles. The second kappa shape index (κ2) is 6.37. The van der Waals surface area contributed by atoms with Gasteiger partial charge >= 0.3 is 0 Å². The summed E-state index contributed by atoms with van der Waals surface area (Å²) in [6, 6.07) is 11.2. The summed E-state index contributed by atoms with van der Waals surface area (Å²) in [5, 5.41) is 10.3. The molecule has 2 aromatic carbocycles. The van der Waals surface area contributed by atoms with Crippen LogP contribution in [0.1, 0.15) is 39.9 Å². The molecule has 0 amide bonds. The molecule has 1 saturated heterocycles. The van der Waals surface area contributed by atoms with E-state index in [1.54, 1.807) is 18.2 Å². The number of hydrogen-bond donors (Lipinski definition) is 2. The van der Waals surface area contributed by atoms with Gasteiger partial charge in [0.25, 0.3) is 0 Å². The summed E-state index contributed by atoms with van der Waals surface area (Å²) in [6.07, 6.45) is 4.22. The Morgan fingerprint density at radius 2 is 1.92 bits per heavy atom. The number of ketones is 1. The number of aromatic hydroxyl groups is 1. The minimum absolute atomic E-state index is 0.115. The van der Waals surface area contributed by atoms with Crippen LogP contribution in [0.4, 0.5) is 0 Å². The second-order valence-corrected chi connectivity index (χ2v) is 6.87. The van der Waals surface area contributed by atoms with Crippen LogP contribution in [-0.2, 0) is 6.54 Å². The van der Waals surface area contributed by atoms with Crippen molar-refractivity contribution in [2.75, 3.05) is 13.1 Å². The van der Waals surface area contributed by atoms with Crippen molar-refractivity contribution in [3.63, 3.8) is 0 Å². The number of fused-ring (bicyclic) bond motifs is 1. The normalized spacial score (nSPS) is 18.6. The van der Waals surface area contributed by atoms with Gasteiger partial charge in [0, 0.05) is 12.8 Å². The molecule has 0 bridgehead atoms. The maximum atomic E-state index is 12.7. The molecule has 0 radical (unpaired) electrons. The van der Waals surface area contributed by atoms with E-state index in [1.807, 2.05) is 31.2 Å². The lowest BCUT2D eigenvalue weighted by atomic mass is 10.0. The van der Waals surface area contributed by atoms with Gasteiger partial charge in [-0.3, -0.25) is 4.79 Å². The predicted molar refractivity (Wildman–Crippen MR) is 95.9 cm³/mol. The number of phenolic OH excluding ortho intramolecular Hbond substituents is 1. The third kappa shape index (κ3) is 2.94. The number of quaternary nitrogens is 1. The Morgan fingerprint density at radius 3 is 2.68 bits per heavy atom. The lowest BCUT2D eigenvalue weighted by Gasteiger charge is -2.15. The van der Waals surface area contributed by atoms with Gasteiger partial charge in [-0.25, -0.2) is 0 Å². The average molecular weight is 336 g/mol. The number of allylic oxidation sites excluding steroid dienone is 1. The lowest BCUT2D eigenvalue weighted by Crippen LogP contribution is -3.08. The molecule has 2 heterocycles. The second-order valence-electron chi connectivity index (χ2n) is 6.87. The molecule has 0 aliphatic carbocycles. The summed E-state index contributed by atoms with van der Waals surface area (Å²) in [5.41, 5.74) is 3.35. The van der Waals surface area contributed by atoms with E-state index >= 15 is 0 Å². The summed E-state index contributed by atoms with van der Waals surface area (Å²) in [5.74, 6) is 0.954. The first-order valence-corrected chi connectivity index (χ1v) is 8.82. The molecule has 2 N–H and O–H groups in total. The Balaban J connectivity index is 1.70. The Morgan fingerprint density at radius 1 is 1.16 bits per heavy atom. The van der Waals surface area contributed by atoms with Crippen LogP contribution >= 0.6 is 0 Å². The molecular formula is C21H22NO3+. The SMILES string of the molecule is Cc1ccccc1/C=C1/Oc2c(ccc(O)c2C[NH+]2CCCC2)C1=O. The molecular weight excluding hydrogens is 314 g/mol. The number of likely N-dealkylation sites (tertiary alicyclic amines) is 1. The van der Waals surface area contributed by atoms with E-state index < -0.39 is 0 Å². The molecule has 0 unspecified atom stereocenters. The van der Waals surface area contributed by atoms with Crippen molar-refractivity contribution < 1.29 is 19.5 Å². The Labute approximate surface area is 147 Å². The van der Waals surface area contributed by atoms with E-state index in [0.29, 0.717) is 23.6 Å². The molecule has 4 rings (SSSR count). The van der Waals surface area contributed by atoms with Crippen molar-refractivity contribution in [1.29, 1.82) is 0 Å². The van der Waals surface area contributed by atoms with Gasteiger partial charge in [0.1, 0.15) is 12.3 Å². The smallest absolute Gasteiger partial charge is 0.231 e. The van der Waals surface area contributed by atoms with Gasteiger partial charge in [0.15, 0.2) is 11.5 Å². The first-order valence-electron chi connectivity index (χ1n) is 8.82. The Bertz CT molecular complexity index is 863. The fraction of sp³-hybridized carbons (Fsp3) is 0.286. The minimum Gasteiger partial charge on any atom is -0.507 e. The highest BCUT2D eigenvalue weighted by atomic mass is 16.5. The molecule has 1 fully saturated rings. The van der Waals surface area contributed by atoms with Crippen molar-refractivity contribution in [3.8, 4) is 11.5 Å². The standard InChI is InChI=1S/C21H21NO3/c1-14-6-2-3-7-15(14)12-19-20(24)16-8-9-18(23)17(21(16)25-19)13-22-10-4-5-11-22/h2-3,6-9,12,23H,4-5,10-11,13H2,1H3/p+1/b19-12+. The van der Waals surface area contributed by atoms with Crippen LogP contribution in [-0.4, -0.2) is 24.0 Å². The number of ether oxygens (including phenoxy) is 1. The number of Topliss-reactive ketones (excluding diaryl/α,β-unsaturated/α-hetero) is 1. The van der Waals surface area contributed by atoms with Crippen LogP contribution in [0.3, 0.4) is 0 Å². The topological polar surface area (TPSA) is 51.0 Å². The molecule has 4 heteroatoms. The van der Waals surface area contributed by atoms with E-state index in [4.69, 9.17) is 4.74 Å². The van der Waals surface area contributed by atoms with Crippen LogP contribution < -0.4 is 9.64 Å². The molecule has 4 nitrogen and oxygen atoms in total. The van der Waals surface area contributed by atoms with Gasteiger partial charge in [-0.1, -0.05) is 24.3 Å². The summed E-state index contributed by atoms with van der Waals surface area (Å²) >= 11 is 0. The molecule has 0 saturated carbocycles. The molecule has 2 aromatic rings. The molecule has 0 atom stereocenters. The summed E-state index contributed by atoms with van der Waals surface area (Å²) in [6.45, 7) is 4.90. The number of carbonyl (C=O) groups is 1. The molecule has 2 aliphatic rings. The monoisotopic (exact) mass is 336 g/mol. The van der Waals surface area contributed by atoms with E-state index in [2.05, 4.69) is 0 Å². The first kappa shape index (κ1) is 15.9. The van der Waals surface area contributed by atoms with Crippen molar-refractivity contribution in [3.05, 3.63) is 64.4 Å². The van der Waals surface area contributed by atoms with Crippen LogP contribution in [0.25, 0.3) is 6.08 Å². The van der Waals surface area contributed by atoms with Crippen molar-refractivity contribution in [2.24, 2.45) is 0 Å². The van der Waals surface area contributed by atoms with Crippen LogP contribution in [0.5, 0.6) is 11.5 Å². The molecule has 0 spiro atoms. The molecule has 2 aliphatic heterocycles. The number of nitrogens with one attached hydrogen (secondary N) is 1. The third-order valence-corrected chi connectivity index (χ3v) is 5.13. The maximum Gasteiger partial charge on any atom is 0.231 e. The number of aryl methyl sites for hydroxylation is 1. The van der Waals surface area contributed by atoms with Gasteiger partial charge in [-0.05, 0) is 36.3 Å². The zero-order valence-corrected chi connectivity index (χ0v) is 14.3. The van der Waals surface area contributed by atoms with Crippen LogP contribution in [0.2, 0.25) is 0 Å². The van der Waals surface area contributed by atoms with Crippen molar-refractivity contribution in [1.82, 2.24) is 0 Å². The maximum absolute atomic E-state index is 12.7. The fourth-order valence-corrected chi connectivity index (χ4v) is 3.66.